The Labute approximate surface area is 187 Å². The largest absolute Gasteiger partial charge is 0.449 e. The predicted molar refractivity (Wildman–Crippen MR) is 114 cm³/mol. The zero-order valence-electron chi connectivity index (χ0n) is 17.0. The normalized spacial score (nSPS) is 12.0. The molecule has 0 aliphatic carbocycles. The summed E-state index contributed by atoms with van der Waals surface area (Å²) in [6, 6.07) is 12.1. The highest BCUT2D eigenvalue weighted by atomic mass is 32.2. The SMILES string of the molecule is CC(OC(=O)c1ccccc1NS(=O)(=O)c1cc(F)ccc1F)C(=O)Nc1ccc(F)cc1. The molecule has 0 bridgehead atoms. The molecule has 2 N–H and O–H groups in total. The minimum absolute atomic E-state index is 0.265. The van der Waals surface area contributed by atoms with Gasteiger partial charge < -0.3 is 10.1 Å². The number of benzene rings is 3. The fourth-order valence-corrected chi connectivity index (χ4v) is 3.86. The molecule has 3 aromatic rings. The van der Waals surface area contributed by atoms with Gasteiger partial charge in [0, 0.05) is 5.69 Å². The summed E-state index contributed by atoms with van der Waals surface area (Å²) in [5, 5.41) is 2.44. The average Bonchev–Trinajstić information content (AvgIpc) is 2.76. The predicted octanol–water partition coefficient (Wildman–Crippen LogP) is 4.09. The highest BCUT2D eigenvalue weighted by molar-refractivity contribution is 7.92. The molecule has 0 saturated heterocycles. The quantitative estimate of drug-likeness (QED) is 0.498. The van der Waals surface area contributed by atoms with Crippen LogP contribution in [0.5, 0.6) is 0 Å². The van der Waals surface area contributed by atoms with Gasteiger partial charge in [0.05, 0.1) is 11.3 Å². The van der Waals surface area contributed by atoms with E-state index >= 15 is 0 Å². The lowest BCUT2D eigenvalue weighted by Gasteiger charge is -2.16. The third-order valence-electron chi connectivity index (χ3n) is 4.34. The summed E-state index contributed by atoms with van der Waals surface area (Å²) in [4.78, 5) is 23.9. The van der Waals surface area contributed by atoms with Gasteiger partial charge in [-0.05, 0) is 61.5 Å². The smallest absolute Gasteiger partial charge is 0.341 e. The summed E-state index contributed by atoms with van der Waals surface area (Å²) in [5.74, 6) is -4.41. The van der Waals surface area contributed by atoms with E-state index in [4.69, 9.17) is 4.74 Å². The molecule has 1 unspecified atom stereocenters. The lowest BCUT2D eigenvalue weighted by molar-refractivity contribution is -0.123. The number of nitrogens with one attached hydrogen (secondary N) is 2. The molecule has 0 aliphatic rings. The Bertz CT molecular complexity index is 1300. The van der Waals surface area contributed by atoms with Gasteiger partial charge in [-0.15, -0.1) is 0 Å². The molecule has 0 saturated carbocycles. The van der Waals surface area contributed by atoms with Gasteiger partial charge in [-0.1, -0.05) is 12.1 Å². The van der Waals surface area contributed by atoms with Crippen LogP contribution >= 0.6 is 0 Å². The van der Waals surface area contributed by atoms with Crippen LogP contribution in [0.25, 0.3) is 0 Å². The topological polar surface area (TPSA) is 102 Å². The van der Waals surface area contributed by atoms with Crippen molar-refractivity contribution in [3.05, 3.63) is 89.7 Å². The number of para-hydroxylation sites is 1. The fraction of sp³-hybridized carbons (Fsp3) is 0.0909. The second-order valence-electron chi connectivity index (χ2n) is 6.77. The highest BCUT2D eigenvalue weighted by Gasteiger charge is 2.25. The molecule has 0 heterocycles. The number of carbonyl (C=O) groups is 2. The molecule has 3 rings (SSSR count). The number of rotatable bonds is 7. The summed E-state index contributed by atoms with van der Waals surface area (Å²) in [7, 11) is -4.59. The molecule has 7 nitrogen and oxygen atoms in total. The summed E-state index contributed by atoms with van der Waals surface area (Å²) >= 11 is 0. The summed E-state index contributed by atoms with van der Waals surface area (Å²) in [6.07, 6.45) is -1.30. The Kier molecular flexibility index (Phi) is 7.02. The van der Waals surface area contributed by atoms with Gasteiger partial charge in [0.25, 0.3) is 15.9 Å². The molecule has 0 aliphatic heterocycles. The van der Waals surface area contributed by atoms with Crippen LogP contribution in [0.2, 0.25) is 0 Å². The maximum Gasteiger partial charge on any atom is 0.341 e. The van der Waals surface area contributed by atoms with Crippen LogP contribution in [-0.4, -0.2) is 26.4 Å². The minimum atomic E-state index is -4.59. The number of sulfonamides is 1. The van der Waals surface area contributed by atoms with Gasteiger partial charge in [-0.25, -0.2) is 26.4 Å². The van der Waals surface area contributed by atoms with Crippen LogP contribution in [-0.2, 0) is 19.6 Å². The van der Waals surface area contributed by atoms with Crippen molar-refractivity contribution in [2.24, 2.45) is 0 Å². The van der Waals surface area contributed by atoms with Crippen LogP contribution in [0.15, 0.2) is 71.6 Å². The molecular weight excluding hydrogens is 461 g/mol. The monoisotopic (exact) mass is 478 g/mol. The van der Waals surface area contributed by atoms with E-state index in [0.717, 1.165) is 18.2 Å². The number of esters is 1. The molecule has 1 amide bonds. The molecule has 0 aromatic heterocycles. The van der Waals surface area contributed by atoms with Crippen molar-refractivity contribution >= 4 is 33.3 Å². The Balaban J connectivity index is 1.76. The first kappa shape index (κ1) is 23.8. The van der Waals surface area contributed by atoms with Crippen LogP contribution < -0.4 is 10.0 Å². The van der Waals surface area contributed by atoms with E-state index in [2.05, 4.69) is 5.32 Å². The van der Waals surface area contributed by atoms with Gasteiger partial charge in [0.2, 0.25) is 0 Å². The zero-order valence-corrected chi connectivity index (χ0v) is 17.8. The summed E-state index contributed by atoms with van der Waals surface area (Å²) in [6.45, 7) is 1.28. The van der Waals surface area contributed by atoms with Crippen molar-refractivity contribution < 1.29 is 35.9 Å². The molecular formula is C22H17F3N2O5S. The molecule has 0 radical (unpaired) electrons. The third-order valence-corrected chi connectivity index (χ3v) is 5.72. The number of ether oxygens (including phenoxy) is 1. The maximum atomic E-state index is 13.9. The van der Waals surface area contributed by atoms with E-state index in [1.807, 2.05) is 4.72 Å². The Hall–Kier alpha value is -3.86. The van der Waals surface area contributed by atoms with Crippen molar-refractivity contribution in [2.75, 3.05) is 10.0 Å². The van der Waals surface area contributed by atoms with Crippen molar-refractivity contribution in [2.45, 2.75) is 17.9 Å². The number of hydrogen-bond donors (Lipinski definition) is 2. The Morgan fingerprint density at radius 3 is 2.24 bits per heavy atom. The number of anilines is 2. The van der Waals surface area contributed by atoms with Crippen LogP contribution in [0.1, 0.15) is 17.3 Å². The van der Waals surface area contributed by atoms with Crippen molar-refractivity contribution in [1.29, 1.82) is 0 Å². The maximum absolute atomic E-state index is 13.9. The number of amides is 1. The molecule has 0 spiro atoms. The van der Waals surface area contributed by atoms with Crippen molar-refractivity contribution in [3.63, 3.8) is 0 Å². The minimum Gasteiger partial charge on any atom is -0.449 e. The average molecular weight is 478 g/mol. The first-order valence-corrected chi connectivity index (χ1v) is 10.9. The van der Waals surface area contributed by atoms with Crippen LogP contribution in [0.4, 0.5) is 24.5 Å². The summed E-state index contributed by atoms with van der Waals surface area (Å²) in [5.41, 5.74) is -0.258. The van der Waals surface area contributed by atoms with Gasteiger partial charge in [0.15, 0.2) is 6.10 Å². The van der Waals surface area contributed by atoms with E-state index < -0.39 is 50.4 Å². The van der Waals surface area contributed by atoms with Crippen molar-refractivity contribution in [1.82, 2.24) is 0 Å². The number of halogens is 3. The first-order chi connectivity index (χ1) is 15.6. The van der Waals surface area contributed by atoms with E-state index in [-0.39, 0.29) is 16.9 Å². The molecule has 1 atom stereocenters. The van der Waals surface area contributed by atoms with Crippen LogP contribution in [0, 0.1) is 17.5 Å². The standard InChI is InChI=1S/C22H17F3N2O5S/c1-13(21(28)26-16-9-6-14(23)7-10-16)32-22(29)17-4-2-3-5-19(17)27-33(30,31)20-12-15(24)8-11-18(20)25/h2-13,27H,1H3,(H,26,28). The van der Waals surface area contributed by atoms with Crippen molar-refractivity contribution in [3.8, 4) is 0 Å². The number of hydrogen-bond acceptors (Lipinski definition) is 5. The van der Waals surface area contributed by atoms with Gasteiger partial charge in [0.1, 0.15) is 22.3 Å². The number of carbonyl (C=O) groups excluding carboxylic acids is 2. The second-order valence-corrected chi connectivity index (χ2v) is 8.42. The van der Waals surface area contributed by atoms with Gasteiger partial charge in [-0.3, -0.25) is 9.52 Å². The Morgan fingerprint density at radius 1 is 0.909 bits per heavy atom. The molecule has 172 valence electrons. The zero-order chi connectivity index (χ0) is 24.2. The third kappa shape index (κ3) is 5.89. The van der Waals surface area contributed by atoms with Gasteiger partial charge >= 0.3 is 5.97 Å². The molecule has 3 aromatic carbocycles. The molecule has 33 heavy (non-hydrogen) atoms. The summed E-state index contributed by atoms with van der Waals surface area (Å²) < 4.78 is 72.6. The lowest BCUT2D eigenvalue weighted by Crippen LogP contribution is -2.30. The fourth-order valence-electron chi connectivity index (χ4n) is 2.69. The molecule has 0 fully saturated rings. The van der Waals surface area contributed by atoms with E-state index in [1.54, 1.807) is 0 Å². The van der Waals surface area contributed by atoms with E-state index in [9.17, 15) is 31.2 Å². The Morgan fingerprint density at radius 2 is 1.55 bits per heavy atom. The van der Waals surface area contributed by atoms with E-state index in [1.165, 1.54) is 43.3 Å². The van der Waals surface area contributed by atoms with E-state index in [0.29, 0.717) is 12.1 Å². The molecule has 11 heteroatoms. The lowest BCUT2D eigenvalue weighted by atomic mass is 10.2. The van der Waals surface area contributed by atoms with Gasteiger partial charge in [-0.2, -0.15) is 0 Å². The second kappa shape index (κ2) is 9.74. The first-order valence-electron chi connectivity index (χ1n) is 9.41. The van der Waals surface area contributed by atoms with Crippen LogP contribution in [0.3, 0.4) is 0 Å². The highest BCUT2D eigenvalue weighted by Crippen LogP contribution is 2.23.